The largest absolute Gasteiger partial charge is 0.461 e. The maximum absolute atomic E-state index is 14.5. The maximum atomic E-state index is 14.5. The minimum absolute atomic E-state index is 0.0434. The van der Waals surface area contributed by atoms with Gasteiger partial charge in [0.15, 0.2) is 0 Å². The zero-order chi connectivity index (χ0) is 39.2. The second-order valence-corrected chi connectivity index (χ2v) is 15.2. The molecule has 0 bridgehead atoms. The topological polar surface area (TPSA) is 187 Å². The van der Waals surface area contributed by atoms with Gasteiger partial charge in [-0.3, -0.25) is 24.0 Å². The van der Waals surface area contributed by atoms with Gasteiger partial charge >= 0.3 is 12.0 Å². The zero-order valence-corrected chi connectivity index (χ0v) is 31.8. The van der Waals surface area contributed by atoms with Crippen LogP contribution < -0.4 is 21.3 Å². The molecule has 15 nitrogen and oxygen atoms in total. The number of hydrogen-bond donors (Lipinski definition) is 4. The molecule has 4 fully saturated rings. The predicted octanol–water partition coefficient (Wildman–Crippen LogP) is 2.23. The molecule has 2 aromatic carbocycles. The molecule has 0 unspecified atom stereocenters. The van der Waals surface area contributed by atoms with Crippen molar-refractivity contribution in [3.63, 3.8) is 0 Å². The van der Waals surface area contributed by atoms with Gasteiger partial charge in [-0.25, -0.2) is 9.59 Å². The Labute approximate surface area is 324 Å². The number of para-hydroxylation sites is 1. The van der Waals surface area contributed by atoms with Crippen LogP contribution in [0, 0.1) is 5.92 Å². The maximum Gasteiger partial charge on any atom is 0.328 e. The number of urea groups is 1. The molecule has 7 atom stereocenters. The first-order valence-electron chi connectivity index (χ1n) is 19.0. The fraction of sp³-hybridized carbons (Fsp3) is 0.513. The van der Waals surface area contributed by atoms with Crippen LogP contribution in [0.4, 0.5) is 10.5 Å². The average Bonchev–Trinajstić information content (AvgIpc) is 3.83. The number of halogens is 1. The van der Waals surface area contributed by atoms with E-state index >= 15 is 0 Å². The van der Waals surface area contributed by atoms with Gasteiger partial charge in [-0.2, -0.15) is 0 Å². The smallest absolute Gasteiger partial charge is 0.328 e. The summed E-state index contributed by atoms with van der Waals surface area (Å²) in [6, 6.07) is 8.50. The molecule has 0 aromatic heterocycles. The number of cyclic esters (lactones) is 1. The summed E-state index contributed by atoms with van der Waals surface area (Å²) in [5.74, 6) is -3.54. The lowest BCUT2D eigenvalue weighted by molar-refractivity contribution is -0.158. The third-order valence-corrected chi connectivity index (χ3v) is 11.1. The molecule has 0 aliphatic carbocycles. The number of rotatable bonds is 6. The Morgan fingerprint density at radius 3 is 2.29 bits per heavy atom. The summed E-state index contributed by atoms with van der Waals surface area (Å²) < 4.78 is 5.73. The number of amides is 7. The SMILES string of the molecule is C[C@H]1C[C@H]2C(=O)OC[C@H](NC(=O)[C@H](Cc3ccccc3)NC(=O)Nc3ccccc3Cl)C(=O)N3CCC[C@H]3C(=O)N3CCCC[C@H]3C(=O)N[C@@H](C)C(=O)N2C1. The number of ether oxygens (including phenoxy) is 1. The van der Waals surface area contributed by atoms with Crippen molar-refractivity contribution in [1.29, 1.82) is 0 Å². The molecule has 16 heteroatoms. The van der Waals surface area contributed by atoms with Gasteiger partial charge < -0.3 is 40.7 Å². The van der Waals surface area contributed by atoms with Crippen LogP contribution in [0.15, 0.2) is 54.6 Å². The summed E-state index contributed by atoms with van der Waals surface area (Å²) >= 11 is 6.25. The fourth-order valence-corrected chi connectivity index (χ4v) is 8.11. The van der Waals surface area contributed by atoms with Crippen molar-refractivity contribution < 1.29 is 38.3 Å². The minimum atomic E-state index is -1.45. The molecule has 0 radical (unpaired) electrons. The fourth-order valence-electron chi connectivity index (χ4n) is 7.93. The Kier molecular flexibility index (Phi) is 12.6. The van der Waals surface area contributed by atoms with E-state index in [-0.39, 0.29) is 30.5 Å². The Hall–Kier alpha value is -5.18. The number of nitrogens with zero attached hydrogens (tertiary/aromatic N) is 3. The lowest BCUT2D eigenvalue weighted by atomic mass is 9.99. The minimum Gasteiger partial charge on any atom is -0.461 e. The quantitative estimate of drug-likeness (QED) is 0.322. The molecule has 4 aliphatic rings. The molecule has 4 aliphatic heterocycles. The second kappa shape index (κ2) is 17.5. The summed E-state index contributed by atoms with van der Waals surface area (Å²) in [6.07, 6.45) is 2.95. The molecule has 4 heterocycles. The number of nitrogens with one attached hydrogen (secondary N) is 4. The summed E-state index contributed by atoms with van der Waals surface area (Å²) in [5.41, 5.74) is 1.04. The van der Waals surface area contributed by atoms with Crippen molar-refractivity contribution in [2.45, 2.75) is 95.0 Å². The van der Waals surface area contributed by atoms with E-state index in [4.69, 9.17) is 16.3 Å². The van der Waals surface area contributed by atoms with Gasteiger partial charge in [-0.1, -0.05) is 61.0 Å². The summed E-state index contributed by atoms with van der Waals surface area (Å²) in [7, 11) is 0. The van der Waals surface area contributed by atoms with Gasteiger partial charge in [-0.15, -0.1) is 0 Å². The van der Waals surface area contributed by atoms with Gasteiger partial charge in [0.25, 0.3) is 0 Å². The van der Waals surface area contributed by atoms with Gasteiger partial charge in [0.1, 0.15) is 42.9 Å². The first-order valence-corrected chi connectivity index (χ1v) is 19.3. The van der Waals surface area contributed by atoms with E-state index in [0.29, 0.717) is 50.8 Å². The van der Waals surface area contributed by atoms with Gasteiger partial charge in [0.2, 0.25) is 29.5 Å². The second-order valence-electron chi connectivity index (χ2n) is 14.8. The van der Waals surface area contributed by atoms with E-state index in [2.05, 4.69) is 21.3 Å². The molecule has 2 aromatic rings. The van der Waals surface area contributed by atoms with E-state index in [1.165, 1.54) is 14.7 Å². The highest BCUT2D eigenvalue weighted by atomic mass is 35.5. The Bertz CT molecular complexity index is 1800. The Balaban J connectivity index is 1.30. The van der Waals surface area contributed by atoms with E-state index in [1.54, 1.807) is 55.5 Å². The van der Waals surface area contributed by atoms with Gasteiger partial charge in [-0.05, 0) is 69.1 Å². The number of benzene rings is 2. The number of hydrogen-bond acceptors (Lipinski definition) is 8. The first-order chi connectivity index (χ1) is 26.4. The van der Waals surface area contributed by atoms with Crippen molar-refractivity contribution in [2.75, 3.05) is 31.6 Å². The molecule has 0 saturated carbocycles. The summed E-state index contributed by atoms with van der Waals surface area (Å²) in [4.78, 5) is 101. The molecule has 7 amide bonds. The van der Waals surface area contributed by atoms with E-state index in [0.717, 1.165) is 5.56 Å². The molecule has 0 spiro atoms. The molecule has 4 N–H and O–H groups in total. The average molecular weight is 778 g/mol. The highest BCUT2D eigenvalue weighted by molar-refractivity contribution is 6.33. The molecular weight excluding hydrogens is 730 g/mol. The first kappa shape index (κ1) is 39.5. The van der Waals surface area contributed by atoms with Crippen LogP contribution in [-0.4, -0.2) is 119 Å². The van der Waals surface area contributed by atoms with Gasteiger partial charge in [0.05, 0.1) is 10.7 Å². The van der Waals surface area contributed by atoms with Crippen LogP contribution in [0.25, 0.3) is 0 Å². The van der Waals surface area contributed by atoms with Crippen LogP contribution >= 0.6 is 11.6 Å². The molecule has 4 saturated heterocycles. The highest BCUT2D eigenvalue weighted by Crippen LogP contribution is 2.28. The van der Waals surface area contributed by atoms with Crippen LogP contribution in [0.5, 0.6) is 0 Å². The molecule has 294 valence electrons. The molecule has 55 heavy (non-hydrogen) atoms. The number of fused-ring (bicyclic) bond motifs is 3. The number of anilines is 1. The number of esters is 1. The van der Waals surface area contributed by atoms with Crippen LogP contribution in [0.2, 0.25) is 5.02 Å². The lowest BCUT2D eigenvalue weighted by Gasteiger charge is -2.39. The van der Waals surface area contributed by atoms with E-state index < -0.39 is 84.4 Å². The molecule has 6 rings (SSSR count). The number of piperidine rings is 1. The van der Waals surface area contributed by atoms with Crippen molar-refractivity contribution >= 4 is 58.8 Å². The number of carbonyl (C=O) groups excluding carboxylic acids is 7. The van der Waals surface area contributed by atoms with Crippen LogP contribution in [-0.2, 0) is 39.9 Å². The summed E-state index contributed by atoms with van der Waals surface area (Å²) in [5, 5.41) is 11.1. The lowest BCUT2D eigenvalue weighted by Crippen LogP contribution is -2.62. The normalized spacial score (nSPS) is 27.0. The van der Waals surface area contributed by atoms with Crippen molar-refractivity contribution in [3.8, 4) is 0 Å². The Morgan fingerprint density at radius 1 is 0.836 bits per heavy atom. The summed E-state index contributed by atoms with van der Waals surface area (Å²) in [6.45, 7) is 3.63. The highest BCUT2D eigenvalue weighted by Gasteiger charge is 2.46. The van der Waals surface area contributed by atoms with E-state index in [1.807, 2.05) is 13.0 Å². The van der Waals surface area contributed by atoms with Gasteiger partial charge in [0, 0.05) is 26.1 Å². The third-order valence-electron chi connectivity index (χ3n) is 10.7. The monoisotopic (exact) mass is 777 g/mol. The van der Waals surface area contributed by atoms with Crippen molar-refractivity contribution in [2.24, 2.45) is 5.92 Å². The molecular formula is C39H48ClN7O8. The number of carbonyl (C=O) groups is 7. The van der Waals surface area contributed by atoms with Crippen LogP contribution in [0.3, 0.4) is 0 Å². The standard InChI is InChI=1S/C39H48ClN7O8/c1-23-19-32-38(53)55-22-29(42-33(48)28(20-25-11-4-3-5-12-25)44-39(54)43-27-14-7-6-13-26(27)40)36(51)46-18-10-16-31(46)37(52)45-17-9-8-15-30(45)34(49)41-24(2)35(50)47(32)21-23/h3-7,11-14,23-24,28-32H,8-10,15-22H2,1-2H3,(H,41,49)(H,42,48)(H2,43,44,54)/t23-,24-,28-,29-,30-,31-,32-/m0/s1. The predicted molar refractivity (Wildman–Crippen MR) is 201 cm³/mol. The zero-order valence-electron chi connectivity index (χ0n) is 31.0. The van der Waals surface area contributed by atoms with Crippen molar-refractivity contribution in [1.82, 2.24) is 30.7 Å². The Morgan fingerprint density at radius 2 is 1.53 bits per heavy atom. The van der Waals surface area contributed by atoms with Crippen LogP contribution in [0.1, 0.15) is 57.9 Å². The van der Waals surface area contributed by atoms with E-state index in [9.17, 15) is 33.6 Å². The van der Waals surface area contributed by atoms with Crippen molar-refractivity contribution in [3.05, 3.63) is 65.2 Å². The third kappa shape index (κ3) is 9.21.